The lowest BCUT2D eigenvalue weighted by Crippen LogP contribution is -2.11. The molecule has 2 aliphatic carbocycles. The molecule has 0 amide bonds. The molecule has 1 saturated carbocycles. The average molecular weight is 248 g/mol. The van der Waals surface area contributed by atoms with Crippen molar-refractivity contribution in [3.63, 3.8) is 0 Å². The Bertz CT molecular complexity index is 580. The van der Waals surface area contributed by atoms with Crippen LogP contribution in [0.1, 0.15) is 30.7 Å². The Balaban J connectivity index is 2.12. The van der Waals surface area contributed by atoms with Crippen LogP contribution in [0.4, 0.5) is 0 Å². The molecule has 0 bridgehead atoms. The summed E-state index contributed by atoms with van der Waals surface area (Å²) in [6, 6.07) is 7.44. The van der Waals surface area contributed by atoms with Gasteiger partial charge in [-0.2, -0.15) is 0 Å². The van der Waals surface area contributed by atoms with Crippen LogP contribution < -0.4 is 0 Å². The van der Waals surface area contributed by atoms with Crippen molar-refractivity contribution in [3.05, 3.63) is 42.0 Å². The monoisotopic (exact) mass is 248 g/mol. The van der Waals surface area contributed by atoms with Gasteiger partial charge in [0.2, 0.25) is 0 Å². The van der Waals surface area contributed by atoms with Crippen LogP contribution in [0.5, 0.6) is 0 Å². The summed E-state index contributed by atoms with van der Waals surface area (Å²) < 4.78 is 23.6. The van der Waals surface area contributed by atoms with E-state index in [2.05, 4.69) is 12.2 Å². The Hall–Kier alpha value is -1.09. The largest absolute Gasteiger partial charge is 0.224 e. The van der Waals surface area contributed by atoms with E-state index in [1.54, 1.807) is 12.1 Å². The third kappa shape index (κ3) is 1.73. The van der Waals surface area contributed by atoms with Gasteiger partial charge in [-0.05, 0) is 36.3 Å². The number of rotatable bonds is 2. The van der Waals surface area contributed by atoms with Crippen molar-refractivity contribution in [2.75, 3.05) is 6.26 Å². The van der Waals surface area contributed by atoms with Gasteiger partial charge in [-0.15, -0.1) is 0 Å². The average Bonchev–Trinajstić information content (AvgIpc) is 2.90. The van der Waals surface area contributed by atoms with Gasteiger partial charge < -0.3 is 0 Å². The van der Waals surface area contributed by atoms with Gasteiger partial charge in [0.05, 0.1) is 4.90 Å². The molecule has 90 valence electrons. The van der Waals surface area contributed by atoms with Crippen molar-refractivity contribution in [1.82, 2.24) is 0 Å². The second-order valence-electron chi connectivity index (χ2n) is 5.28. The summed E-state index contributed by atoms with van der Waals surface area (Å²) in [7, 11) is -3.13. The van der Waals surface area contributed by atoms with Crippen LogP contribution >= 0.6 is 0 Å². The van der Waals surface area contributed by atoms with Crippen molar-refractivity contribution in [3.8, 4) is 0 Å². The second-order valence-corrected chi connectivity index (χ2v) is 7.27. The maximum Gasteiger partial charge on any atom is 0.175 e. The molecule has 0 heterocycles. The van der Waals surface area contributed by atoms with Crippen molar-refractivity contribution in [1.29, 1.82) is 0 Å². The fraction of sp³-hybridized carbons (Fsp3) is 0.429. The van der Waals surface area contributed by atoms with E-state index in [4.69, 9.17) is 0 Å². The minimum absolute atomic E-state index is 0.299. The van der Waals surface area contributed by atoms with E-state index in [1.165, 1.54) is 19.1 Å². The summed E-state index contributed by atoms with van der Waals surface area (Å²) in [5.41, 5.74) is 1.34. The lowest BCUT2D eigenvalue weighted by Gasteiger charge is -2.20. The zero-order valence-corrected chi connectivity index (χ0v) is 10.7. The van der Waals surface area contributed by atoms with Crippen molar-refractivity contribution >= 4 is 9.84 Å². The first-order chi connectivity index (χ1) is 8.03. The van der Waals surface area contributed by atoms with Crippen LogP contribution in [-0.4, -0.2) is 14.7 Å². The van der Waals surface area contributed by atoms with Crippen molar-refractivity contribution < 1.29 is 8.42 Å². The third-order valence-electron chi connectivity index (χ3n) is 4.06. The number of allylic oxidation sites excluding steroid dienone is 2. The molecule has 1 atom stereocenters. The molecular weight excluding hydrogens is 232 g/mol. The lowest BCUT2D eigenvalue weighted by atomic mass is 9.86. The summed E-state index contributed by atoms with van der Waals surface area (Å²) in [4.78, 5) is 0.503. The smallest absolute Gasteiger partial charge is 0.175 e. The molecule has 1 aromatic rings. The summed E-state index contributed by atoms with van der Waals surface area (Å²) in [6.45, 7) is 0. The molecule has 0 aromatic heterocycles. The van der Waals surface area contributed by atoms with E-state index in [0.29, 0.717) is 16.2 Å². The van der Waals surface area contributed by atoms with Crippen LogP contribution in [0, 0.1) is 5.41 Å². The summed E-state index contributed by atoms with van der Waals surface area (Å²) in [5, 5.41) is 0. The number of hydrogen-bond acceptors (Lipinski definition) is 2. The predicted molar refractivity (Wildman–Crippen MR) is 67.7 cm³/mol. The van der Waals surface area contributed by atoms with Crippen LogP contribution in [0.3, 0.4) is 0 Å². The molecule has 2 nitrogen and oxygen atoms in total. The van der Waals surface area contributed by atoms with Crippen molar-refractivity contribution in [2.24, 2.45) is 5.41 Å². The van der Waals surface area contributed by atoms with Gasteiger partial charge in [-0.3, -0.25) is 0 Å². The van der Waals surface area contributed by atoms with Crippen LogP contribution in [0.25, 0.3) is 0 Å². The highest BCUT2D eigenvalue weighted by Gasteiger charge is 2.50. The molecule has 0 saturated heterocycles. The maximum absolute atomic E-state index is 11.8. The van der Waals surface area contributed by atoms with Gasteiger partial charge in [0.15, 0.2) is 9.84 Å². The zero-order valence-electron chi connectivity index (χ0n) is 9.89. The Kier molecular flexibility index (Phi) is 2.24. The molecular formula is C14H16O2S. The number of hydrogen-bond donors (Lipinski definition) is 0. The maximum atomic E-state index is 11.8. The number of sulfone groups is 1. The normalized spacial score (nSPS) is 25.4. The molecule has 0 radical (unpaired) electrons. The fourth-order valence-corrected chi connectivity index (χ4v) is 3.90. The quantitative estimate of drug-likeness (QED) is 0.754. The van der Waals surface area contributed by atoms with Crippen molar-refractivity contribution in [2.45, 2.75) is 30.1 Å². The summed E-state index contributed by atoms with van der Waals surface area (Å²) in [6.07, 6.45) is 9.25. The van der Waals surface area contributed by atoms with Gasteiger partial charge in [0.25, 0.3) is 0 Å². The third-order valence-corrected chi connectivity index (χ3v) is 5.23. The minimum Gasteiger partial charge on any atom is -0.224 e. The molecule has 0 N–H and O–H groups in total. The van der Waals surface area contributed by atoms with E-state index >= 15 is 0 Å². The molecule has 17 heavy (non-hydrogen) atoms. The topological polar surface area (TPSA) is 34.1 Å². The fourth-order valence-electron chi connectivity index (χ4n) is 2.95. The molecule has 1 unspecified atom stereocenters. The van der Waals surface area contributed by atoms with Gasteiger partial charge in [0, 0.05) is 12.2 Å². The highest BCUT2D eigenvalue weighted by molar-refractivity contribution is 7.90. The van der Waals surface area contributed by atoms with E-state index in [-0.39, 0.29) is 0 Å². The Morgan fingerprint density at radius 2 is 1.94 bits per heavy atom. The molecule has 3 rings (SSSR count). The van der Waals surface area contributed by atoms with Crippen LogP contribution in [-0.2, 0) is 9.84 Å². The molecule has 2 aliphatic rings. The first kappa shape index (κ1) is 11.0. The molecule has 1 fully saturated rings. The minimum atomic E-state index is -3.13. The van der Waals surface area contributed by atoms with E-state index < -0.39 is 9.84 Å². The van der Waals surface area contributed by atoms with Crippen LogP contribution in [0.2, 0.25) is 0 Å². The molecule has 0 aliphatic heterocycles. The zero-order chi connectivity index (χ0) is 12.1. The first-order valence-corrected chi connectivity index (χ1v) is 7.88. The summed E-state index contributed by atoms with van der Waals surface area (Å²) in [5.74, 6) is 0.299. The standard InChI is InChI=1S/C14H16O2S/c1-17(15,16)13-7-3-2-5-11(13)12-6-4-8-14(12)9-10-14/h2-7,12H,8-10H2,1H3. The first-order valence-electron chi connectivity index (χ1n) is 5.99. The highest BCUT2D eigenvalue weighted by atomic mass is 32.2. The Labute approximate surface area is 102 Å². The van der Waals surface area contributed by atoms with Crippen LogP contribution in [0.15, 0.2) is 41.3 Å². The SMILES string of the molecule is CS(=O)(=O)c1ccccc1C1C=CCC12CC2. The van der Waals surface area contributed by atoms with Gasteiger partial charge in [-0.1, -0.05) is 30.4 Å². The van der Waals surface area contributed by atoms with Gasteiger partial charge in [0.1, 0.15) is 0 Å². The second kappa shape index (κ2) is 3.45. The van der Waals surface area contributed by atoms with E-state index in [1.807, 2.05) is 12.1 Å². The lowest BCUT2D eigenvalue weighted by molar-refractivity contribution is 0.486. The molecule has 1 spiro atoms. The Morgan fingerprint density at radius 1 is 1.24 bits per heavy atom. The van der Waals surface area contributed by atoms with Gasteiger partial charge >= 0.3 is 0 Å². The number of benzene rings is 1. The van der Waals surface area contributed by atoms with Gasteiger partial charge in [-0.25, -0.2) is 8.42 Å². The van der Waals surface area contributed by atoms with E-state index in [0.717, 1.165) is 12.0 Å². The van der Waals surface area contributed by atoms with E-state index in [9.17, 15) is 8.42 Å². The highest BCUT2D eigenvalue weighted by Crippen LogP contribution is 2.62. The molecule has 1 aromatic carbocycles. The predicted octanol–water partition coefficient (Wildman–Crippen LogP) is 2.91. The molecule has 3 heteroatoms. The Morgan fingerprint density at radius 3 is 2.59 bits per heavy atom. The summed E-state index contributed by atoms with van der Waals surface area (Å²) >= 11 is 0.